The molecule has 5 rings (SSSR count). The number of carbonyl (C=O) groups excluding carboxylic acids is 2. The molecule has 178 valence electrons. The molecule has 0 spiro atoms. The number of nitrogens with one attached hydrogen (secondary N) is 1. The molecule has 0 bridgehead atoms. The van der Waals surface area contributed by atoms with Crippen molar-refractivity contribution in [3.8, 4) is 5.75 Å². The average molecular weight is 526 g/mol. The molecule has 2 aliphatic rings. The number of fused-ring (bicyclic) bond motifs is 3. The van der Waals surface area contributed by atoms with Gasteiger partial charge in [-0.25, -0.2) is 0 Å². The van der Waals surface area contributed by atoms with E-state index >= 15 is 0 Å². The number of amides is 2. The smallest absolute Gasteiger partial charge is 0.271 e. The maximum absolute atomic E-state index is 13.9. The number of nitrogens with zero attached hydrogens (tertiary/aromatic N) is 2. The van der Waals surface area contributed by atoms with Crippen LogP contribution in [0, 0.1) is 0 Å². The number of rotatable bonds is 6. The lowest BCUT2D eigenvalue weighted by atomic mass is 9.93. The van der Waals surface area contributed by atoms with Crippen molar-refractivity contribution in [3.63, 3.8) is 0 Å². The van der Waals surface area contributed by atoms with Crippen molar-refractivity contribution >= 4 is 38.6 Å². The van der Waals surface area contributed by atoms with Gasteiger partial charge in [-0.1, -0.05) is 28.1 Å². The van der Waals surface area contributed by atoms with Gasteiger partial charge in [-0.2, -0.15) is 0 Å². The maximum Gasteiger partial charge on any atom is 0.271 e. The van der Waals surface area contributed by atoms with E-state index in [0.717, 1.165) is 40.4 Å². The van der Waals surface area contributed by atoms with Gasteiger partial charge in [-0.15, -0.1) is 0 Å². The number of hydrogen-bond acceptors (Lipinski definition) is 4. The van der Waals surface area contributed by atoms with Crippen LogP contribution >= 0.6 is 15.9 Å². The Labute approximate surface area is 207 Å². The first-order valence-electron chi connectivity index (χ1n) is 11.5. The van der Waals surface area contributed by atoms with Gasteiger partial charge in [0.25, 0.3) is 5.91 Å². The minimum Gasteiger partial charge on any atom is -0.497 e. The second-order valence-corrected chi connectivity index (χ2v) is 10.1. The van der Waals surface area contributed by atoms with Gasteiger partial charge >= 0.3 is 0 Å². The van der Waals surface area contributed by atoms with Gasteiger partial charge in [0.2, 0.25) is 5.91 Å². The molecule has 0 radical (unpaired) electrons. The SMILES string of the molecule is COc1ccc2cc3n(c2c1)C[C@](C)(C(=O)NC[C@H]1CCCO1)N(Cc1cccc(Br)c1)C3=O. The van der Waals surface area contributed by atoms with Crippen LogP contribution in [0.1, 0.15) is 35.8 Å². The van der Waals surface area contributed by atoms with E-state index in [9.17, 15) is 9.59 Å². The van der Waals surface area contributed by atoms with Crippen LogP contribution in [0.3, 0.4) is 0 Å². The maximum atomic E-state index is 13.9. The normalized spacial score (nSPS) is 22.1. The highest BCUT2D eigenvalue weighted by Crippen LogP contribution is 2.35. The molecule has 1 fully saturated rings. The predicted molar refractivity (Wildman–Crippen MR) is 133 cm³/mol. The summed E-state index contributed by atoms with van der Waals surface area (Å²) in [7, 11) is 1.62. The van der Waals surface area contributed by atoms with E-state index < -0.39 is 5.54 Å². The van der Waals surface area contributed by atoms with Gasteiger partial charge in [-0.3, -0.25) is 9.59 Å². The molecule has 1 N–H and O–H groups in total. The molecule has 34 heavy (non-hydrogen) atoms. The number of benzene rings is 2. The molecular formula is C26H28BrN3O4. The summed E-state index contributed by atoms with van der Waals surface area (Å²) >= 11 is 3.51. The molecule has 7 nitrogen and oxygen atoms in total. The van der Waals surface area contributed by atoms with Crippen LogP contribution in [0.25, 0.3) is 10.9 Å². The molecule has 2 atom stereocenters. The Morgan fingerprint density at radius 3 is 2.85 bits per heavy atom. The van der Waals surface area contributed by atoms with Crippen molar-refractivity contribution in [2.45, 2.75) is 44.5 Å². The molecule has 0 aliphatic carbocycles. The molecule has 8 heteroatoms. The van der Waals surface area contributed by atoms with Crippen LogP contribution in [-0.4, -0.2) is 53.2 Å². The lowest BCUT2D eigenvalue weighted by molar-refractivity contribution is -0.133. The van der Waals surface area contributed by atoms with Gasteiger partial charge in [0.15, 0.2) is 0 Å². The lowest BCUT2D eigenvalue weighted by Gasteiger charge is -2.44. The van der Waals surface area contributed by atoms with Crippen molar-refractivity contribution in [3.05, 3.63) is 64.3 Å². The zero-order valence-electron chi connectivity index (χ0n) is 19.3. The fourth-order valence-electron chi connectivity index (χ4n) is 4.93. The molecule has 3 heterocycles. The fourth-order valence-corrected chi connectivity index (χ4v) is 5.37. The summed E-state index contributed by atoms with van der Waals surface area (Å²) < 4.78 is 14.0. The van der Waals surface area contributed by atoms with Gasteiger partial charge in [0, 0.05) is 35.6 Å². The molecule has 0 saturated carbocycles. The summed E-state index contributed by atoms with van der Waals surface area (Å²) in [6, 6.07) is 15.5. The summed E-state index contributed by atoms with van der Waals surface area (Å²) in [5.74, 6) is 0.361. The van der Waals surface area contributed by atoms with E-state index in [4.69, 9.17) is 9.47 Å². The minimum atomic E-state index is -1.08. The average Bonchev–Trinajstić information content (AvgIpc) is 3.48. The summed E-state index contributed by atoms with van der Waals surface area (Å²) in [5.41, 5.74) is 1.32. The van der Waals surface area contributed by atoms with E-state index in [1.807, 2.05) is 60.0 Å². The zero-order valence-corrected chi connectivity index (χ0v) is 20.9. The van der Waals surface area contributed by atoms with Crippen molar-refractivity contribution in [2.24, 2.45) is 0 Å². The number of aromatic nitrogens is 1. The number of halogens is 1. The lowest BCUT2D eigenvalue weighted by Crippen LogP contribution is -2.64. The predicted octanol–water partition coefficient (Wildman–Crippen LogP) is 4.12. The van der Waals surface area contributed by atoms with Gasteiger partial charge < -0.3 is 24.3 Å². The number of methoxy groups -OCH3 is 1. The van der Waals surface area contributed by atoms with Crippen molar-refractivity contribution < 1.29 is 19.1 Å². The summed E-state index contributed by atoms with van der Waals surface area (Å²) in [5, 5.41) is 4.01. The van der Waals surface area contributed by atoms with Crippen molar-refractivity contribution in [1.82, 2.24) is 14.8 Å². The third-order valence-electron chi connectivity index (χ3n) is 6.87. The molecule has 1 aromatic heterocycles. The standard InChI is InChI=1S/C26H28BrN3O4/c1-26(25(32)28-14-21-7-4-10-34-21)16-29-22-13-20(33-2)9-8-18(22)12-23(29)24(31)30(26)15-17-5-3-6-19(27)11-17/h3,5-6,8-9,11-13,21H,4,7,10,14-16H2,1-2H3,(H,28,32)/t21-,26-/m1/s1. The Morgan fingerprint density at radius 1 is 1.26 bits per heavy atom. The first-order chi connectivity index (χ1) is 16.4. The molecule has 0 unspecified atom stereocenters. The van der Waals surface area contributed by atoms with Crippen LogP contribution in [-0.2, 0) is 22.6 Å². The number of hydrogen-bond donors (Lipinski definition) is 1. The molecule has 2 aliphatic heterocycles. The fraction of sp³-hybridized carbons (Fsp3) is 0.385. The Bertz CT molecular complexity index is 1250. The van der Waals surface area contributed by atoms with Crippen molar-refractivity contribution in [2.75, 3.05) is 20.3 Å². The largest absolute Gasteiger partial charge is 0.497 e. The van der Waals surface area contributed by atoms with E-state index in [2.05, 4.69) is 21.2 Å². The highest BCUT2D eigenvalue weighted by atomic mass is 79.9. The first-order valence-corrected chi connectivity index (χ1v) is 12.3. The second kappa shape index (κ2) is 9.07. The van der Waals surface area contributed by atoms with Gasteiger partial charge in [0.05, 0.1) is 25.3 Å². The molecule has 2 amide bonds. The summed E-state index contributed by atoms with van der Waals surface area (Å²) in [6.07, 6.45) is 1.97. The van der Waals surface area contributed by atoms with Crippen LogP contribution in [0.2, 0.25) is 0 Å². The first kappa shape index (κ1) is 22.9. The van der Waals surface area contributed by atoms with E-state index in [-0.39, 0.29) is 17.9 Å². The third kappa shape index (κ3) is 4.09. The Balaban J connectivity index is 1.54. The topological polar surface area (TPSA) is 72.8 Å². The molecule has 1 saturated heterocycles. The Hall–Kier alpha value is -2.84. The second-order valence-electron chi connectivity index (χ2n) is 9.18. The van der Waals surface area contributed by atoms with Gasteiger partial charge in [0.1, 0.15) is 17.0 Å². The number of ether oxygens (including phenoxy) is 2. The monoisotopic (exact) mass is 525 g/mol. The quantitative estimate of drug-likeness (QED) is 0.525. The Kier molecular flexibility index (Phi) is 6.12. The van der Waals surface area contributed by atoms with Crippen LogP contribution < -0.4 is 10.1 Å². The van der Waals surface area contributed by atoms with Crippen LogP contribution in [0.5, 0.6) is 5.75 Å². The van der Waals surface area contributed by atoms with E-state index in [1.165, 1.54) is 0 Å². The van der Waals surface area contributed by atoms with E-state index in [0.29, 0.717) is 31.1 Å². The van der Waals surface area contributed by atoms with Crippen LogP contribution in [0.15, 0.2) is 53.0 Å². The Morgan fingerprint density at radius 2 is 2.12 bits per heavy atom. The minimum absolute atomic E-state index is 0.0256. The molecule has 3 aromatic rings. The number of carbonyl (C=O) groups is 2. The summed E-state index contributed by atoms with van der Waals surface area (Å²) in [6.45, 7) is 3.69. The van der Waals surface area contributed by atoms with E-state index in [1.54, 1.807) is 12.0 Å². The van der Waals surface area contributed by atoms with Gasteiger partial charge in [-0.05, 0) is 55.7 Å². The van der Waals surface area contributed by atoms with Crippen LogP contribution in [0.4, 0.5) is 0 Å². The van der Waals surface area contributed by atoms with Crippen molar-refractivity contribution in [1.29, 1.82) is 0 Å². The molecular weight excluding hydrogens is 498 g/mol. The summed E-state index contributed by atoms with van der Waals surface area (Å²) in [4.78, 5) is 29.2. The highest BCUT2D eigenvalue weighted by Gasteiger charge is 2.47. The zero-order chi connectivity index (χ0) is 23.9. The molecule has 2 aromatic carbocycles. The highest BCUT2D eigenvalue weighted by molar-refractivity contribution is 9.10. The third-order valence-corrected chi connectivity index (χ3v) is 7.36.